The fraction of sp³-hybridized carbons (Fsp3) is 0.514. The zero-order chi connectivity index (χ0) is 33.3. The van der Waals surface area contributed by atoms with Crippen LogP contribution >= 0.6 is 0 Å². The van der Waals surface area contributed by atoms with E-state index in [0.717, 1.165) is 5.56 Å². The number of benzene rings is 1. The quantitative estimate of drug-likeness (QED) is 0.209. The third kappa shape index (κ3) is 7.11. The summed E-state index contributed by atoms with van der Waals surface area (Å²) in [6.45, 7) is 10.8. The van der Waals surface area contributed by atoms with Gasteiger partial charge in [-0.3, -0.25) is 19.2 Å². The number of aliphatic hydroxyl groups is 1. The van der Waals surface area contributed by atoms with Gasteiger partial charge in [0.1, 0.15) is 18.3 Å². The van der Waals surface area contributed by atoms with Crippen molar-refractivity contribution >= 4 is 35.7 Å². The summed E-state index contributed by atoms with van der Waals surface area (Å²) >= 11 is 0. The normalized spacial score (nSPS) is 32.2. The lowest BCUT2D eigenvalue weighted by Crippen LogP contribution is -2.57. The van der Waals surface area contributed by atoms with Crippen molar-refractivity contribution in [1.82, 2.24) is 0 Å². The highest BCUT2D eigenvalue weighted by molar-refractivity contribution is 5.95. The Balaban J connectivity index is 1.87. The standard InChI is InChI=1S/C35H42O10/c1-19-27(42-20(2)36)16-25-26(39)15-24-18-35(7,33(41)32(44-22(4)38)31(19)34(25,5)6)29(43-21(3)37)17-28(24)45-30(40)14-13-23-11-9-8-10-12-23/h8-15,25-29,32,39H,16-18H2,1-7H3/b14-13+,24-15+/t25-,26?,27?,28?,29?,32?,35-/m0/s1. The minimum Gasteiger partial charge on any atom is -0.461 e. The first kappa shape index (κ1) is 33.8. The van der Waals surface area contributed by atoms with Crippen molar-refractivity contribution in [3.8, 4) is 0 Å². The Kier molecular flexibility index (Phi) is 9.87. The minimum atomic E-state index is -1.44. The third-order valence-corrected chi connectivity index (χ3v) is 9.35. The summed E-state index contributed by atoms with van der Waals surface area (Å²) in [5, 5.41) is 11.8. The van der Waals surface area contributed by atoms with Gasteiger partial charge in [0.2, 0.25) is 0 Å². The van der Waals surface area contributed by atoms with Crippen LogP contribution in [-0.2, 0) is 42.9 Å². The largest absolute Gasteiger partial charge is 0.461 e. The lowest BCUT2D eigenvalue weighted by Gasteiger charge is -2.51. The Labute approximate surface area is 263 Å². The van der Waals surface area contributed by atoms with E-state index in [9.17, 15) is 29.1 Å². The lowest BCUT2D eigenvalue weighted by atomic mass is 9.57. The van der Waals surface area contributed by atoms with Crippen molar-refractivity contribution in [2.75, 3.05) is 0 Å². The number of ether oxygens (including phenoxy) is 4. The molecule has 0 aromatic heterocycles. The van der Waals surface area contributed by atoms with Crippen LogP contribution < -0.4 is 0 Å². The highest BCUT2D eigenvalue weighted by Gasteiger charge is 2.58. The molecule has 10 heteroatoms. The van der Waals surface area contributed by atoms with Crippen molar-refractivity contribution in [1.29, 1.82) is 0 Å². The molecule has 0 spiro atoms. The molecular weight excluding hydrogens is 580 g/mol. The SMILES string of the molecule is CC(=O)OC1C[C@H]2C(O)/C=C3\C[C@](C)(C(=O)C(OC(C)=O)C(=C1C)C2(C)C)C(OC(C)=O)CC3OC(=O)/C=C/c1ccccc1. The van der Waals surface area contributed by atoms with Gasteiger partial charge in [-0.05, 0) is 60.5 Å². The molecule has 1 saturated carbocycles. The number of aliphatic hydroxyl groups excluding tert-OH is 1. The lowest BCUT2D eigenvalue weighted by molar-refractivity contribution is -0.172. The Bertz CT molecular complexity index is 1450. The van der Waals surface area contributed by atoms with Crippen LogP contribution in [0.15, 0.2) is 59.2 Å². The number of hydrogen-bond donors (Lipinski definition) is 1. The van der Waals surface area contributed by atoms with Gasteiger partial charge in [-0.25, -0.2) is 4.79 Å². The Morgan fingerprint density at radius 2 is 1.49 bits per heavy atom. The number of ketones is 1. The van der Waals surface area contributed by atoms with Gasteiger partial charge in [-0.15, -0.1) is 0 Å². The molecule has 4 bridgehead atoms. The molecule has 3 aliphatic rings. The van der Waals surface area contributed by atoms with Crippen LogP contribution in [0.4, 0.5) is 0 Å². The molecule has 1 N–H and O–H groups in total. The van der Waals surface area contributed by atoms with Gasteiger partial charge in [0, 0.05) is 39.2 Å². The highest BCUT2D eigenvalue weighted by Crippen LogP contribution is 2.53. The zero-order valence-corrected chi connectivity index (χ0v) is 26.8. The fourth-order valence-electron chi connectivity index (χ4n) is 7.16. The first-order valence-electron chi connectivity index (χ1n) is 15.1. The number of Topliss-reactive ketones (excluding diaryl/α,β-unsaturated/α-hetero) is 1. The summed E-state index contributed by atoms with van der Waals surface area (Å²) < 4.78 is 23.0. The molecule has 3 aliphatic carbocycles. The topological polar surface area (TPSA) is 143 Å². The Hall–Kier alpha value is -4.05. The number of carbonyl (C=O) groups excluding carboxylic acids is 5. The second-order valence-electron chi connectivity index (χ2n) is 12.9. The average Bonchev–Trinajstić information content (AvgIpc) is 2.94. The molecule has 1 aromatic rings. The maximum atomic E-state index is 14.7. The summed E-state index contributed by atoms with van der Waals surface area (Å²) in [5.41, 5.74) is -0.104. The van der Waals surface area contributed by atoms with E-state index in [-0.39, 0.29) is 19.3 Å². The first-order valence-corrected chi connectivity index (χ1v) is 15.1. The number of fused-ring (bicyclic) bond motifs is 4. The van der Waals surface area contributed by atoms with E-state index in [2.05, 4.69) is 0 Å². The highest BCUT2D eigenvalue weighted by atomic mass is 16.6. The van der Waals surface area contributed by atoms with E-state index in [1.165, 1.54) is 26.8 Å². The van der Waals surface area contributed by atoms with Crippen LogP contribution in [0.2, 0.25) is 0 Å². The molecule has 0 radical (unpaired) electrons. The smallest absolute Gasteiger partial charge is 0.331 e. The van der Waals surface area contributed by atoms with Crippen LogP contribution in [-0.4, -0.2) is 65.3 Å². The van der Waals surface area contributed by atoms with Crippen LogP contribution in [0, 0.1) is 16.7 Å². The minimum absolute atomic E-state index is 0.0359. The zero-order valence-electron chi connectivity index (χ0n) is 26.8. The van der Waals surface area contributed by atoms with Gasteiger partial charge in [0.05, 0.1) is 11.5 Å². The van der Waals surface area contributed by atoms with Gasteiger partial charge in [-0.1, -0.05) is 50.3 Å². The maximum Gasteiger partial charge on any atom is 0.331 e. The van der Waals surface area contributed by atoms with E-state index in [4.69, 9.17) is 18.9 Å². The Morgan fingerprint density at radius 1 is 0.867 bits per heavy atom. The molecule has 0 amide bonds. The molecule has 5 unspecified atom stereocenters. The number of esters is 4. The Morgan fingerprint density at radius 3 is 2.09 bits per heavy atom. The summed E-state index contributed by atoms with van der Waals surface area (Å²) in [5.74, 6) is -3.63. The van der Waals surface area contributed by atoms with E-state index >= 15 is 0 Å². The molecule has 242 valence electrons. The van der Waals surface area contributed by atoms with Crippen molar-refractivity contribution < 1.29 is 48.0 Å². The van der Waals surface area contributed by atoms with Crippen LogP contribution in [0.1, 0.15) is 73.3 Å². The monoisotopic (exact) mass is 622 g/mol. The fourth-order valence-corrected chi connectivity index (χ4v) is 7.16. The molecule has 0 heterocycles. The van der Waals surface area contributed by atoms with E-state index < -0.39 is 76.9 Å². The second-order valence-corrected chi connectivity index (χ2v) is 12.9. The molecule has 7 atom stereocenters. The number of rotatable bonds is 6. The van der Waals surface area contributed by atoms with Crippen LogP contribution in [0.3, 0.4) is 0 Å². The van der Waals surface area contributed by atoms with E-state index in [1.54, 1.807) is 26.0 Å². The molecule has 1 fully saturated rings. The van der Waals surface area contributed by atoms with Crippen molar-refractivity contribution in [3.63, 3.8) is 0 Å². The van der Waals surface area contributed by atoms with Gasteiger partial charge < -0.3 is 24.1 Å². The van der Waals surface area contributed by atoms with Gasteiger partial charge in [-0.2, -0.15) is 0 Å². The molecule has 0 saturated heterocycles. The van der Waals surface area contributed by atoms with Crippen molar-refractivity contribution in [2.45, 2.75) is 98.2 Å². The van der Waals surface area contributed by atoms with Crippen LogP contribution in [0.25, 0.3) is 6.08 Å². The second kappa shape index (κ2) is 13.1. The molecule has 0 aliphatic heterocycles. The molecule has 45 heavy (non-hydrogen) atoms. The number of carbonyl (C=O) groups is 5. The third-order valence-electron chi connectivity index (χ3n) is 9.35. The summed E-state index contributed by atoms with van der Waals surface area (Å²) in [4.78, 5) is 64.7. The summed E-state index contributed by atoms with van der Waals surface area (Å²) in [6.07, 6.45) is -0.667. The molecule has 10 nitrogen and oxygen atoms in total. The predicted molar refractivity (Wildman–Crippen MR) is 163 cm³/mol. The van der Waals surface area contributed by atoms with Gasteiger partial charge in [0.15, 0.2) is 11.9 Å². The van der Waals surface area contributed by atoms with Gasteiger partial charge >= 0.3 is 23.9 Å². The van der Waals surface area contributed by atoms with E-state index in [0.29, 0.717) is 16.7 Å². The average molecular weight is 623 g/mol. The van der Waals surface area contributed by atoms with Crippen molar-refractivity contribution in [2.24, 2.45) is 16.7 Å². The van der Waals surface area contributed by atoms with Crippen LogP contribution in [0.5, 0.6) is 0 Å². The predicted octanol–water partition coefficient (Wildman–Crippen LogP) is 4.44. The molecular formula is C35H42O10. The molecule has 1 aromatic carbocycles. The molecule has 4 rings (SSSR count). The van der Waals surface area contributed by atoms with Gasteiger partial charge in [0.25, 0.3) is 0 Å². The summed E-state index contributed by atoms with van der Waals surface area (Å²) in [6, 6.07) is 9.19. The maximum absolute atomic E-state index is 14.7. The summed E-state index contributed by atoms with van der Waals surface area (Å²) in [7, 11) is 0. The van der Waals surface area contributed by atoms with E-state index in [1.807, 2.05) is 44.2 Å². The van der Waals surface area contributed by atoms with Crippen molar-refractivity contribution in [3.05, 3.63) is 64.8 Å². The first-order chi connectivity index (χ1) is 21.0. The number of hydrogen-bond acceptors (Lipinski definition) is 10.